The van der Waals surface area contributed by atoms with E-state index >= 15 is 0 Å². The normalized spacial score (nSPS) is 12.7. The van der Waals surface area contributed by atoms with E-state index in [1.54, 1.807) is 0 Å². The van der Waals surface area contributed by atoms with Gasteiger partial charge in [0.2, 0.25) is 5.91 Å². The maximum atomic E-state index is 11.2. The van der Waals surface area contributed by atoms with Crippen LogP contribution in [0.3, 0.4) is 0 Å². The van der Waals surface area contributed by atoms with Crippen molar-refractivity contribution in [3.8, 4) is 0 Å². The van der Waals surface area contributed by atoms with Gasteiger partial charge in [-0.3, -0.25) is 15.1 Å². The first-order chi connectivity index (χ1) is 9.96. The smallest absolute Gasteiger partial charge is 0.238 e. The van der Waals surface area contributed by atoms with E-state index in [0.717, 1.165) is 25.2 Å². The van der Waals surface area contributed by atoms with Crippen molar-refractivity contribution in [2.45, 2.75) is 32.9 Å². The maximum absolute atomic E-state index is 11.2. The molecule has 0 radical (unpaired) electrons. The summed E-state index contributed by atoms with van der Waals surface area (Å²) < 4.78 is 0. The van der Waals surface area contributed by atoms with Crippen LogP contribution in [0.4, 0.5) is 0 Å². The highest BCUT2D eigenvalue weighted by molar-refractivity contribution is 5.77. The molecular formula is C16H28N4O. The number of nitrogens with one attached hydrogen (secondary N) is 1. The van der Waals surface area contributed by atoms with E-state index in [2.05, 4.69) is 55.3 Å². The minimum absolute atomic E-state index is 0.169. The van der Waals surface area contributed by atoms with Gasteiger partial charge in [0.25, 0.3) is 0 Å². The Hall–Kier alpha value is -1.43. The zero-order valence-electron chi connectivity index (χ0n) is 13.6. The molecule has 0 bridgehead atoms. The fraction of sp³-hybridized carbons (Fsp3) is 0.562. The molecule has 1 aromatic rings. The lowest BCUT2D eigenvalue weighted by Gasteiger charge is -2.30. The van der Waals surface area contributed by atoms with Crippen LogP contribution in [0, 0.1) is 0 Å². The second kappa shape index (κ2) is 8.77. The summed E-state index contributed by atoms with van der Waals surface area (Å²) in [6, 6.07) is 8.67. The van der Waals surface area contributed by atoms with Gasteiger partial charge < -0.3 is 4.90 Å². The second-order valence-electron chi connectivity index (χ2n) is 5.74. The highest BCUT2D eigenvalue weighted by Crippen LogP contribution is 2.11. The summed E-state index contributed by atoms with van der Waals surface area (Å²) in [6.07, 6.45) is 0.325. The molecule has 118 valence electrons. The number of likely N-dealkylation sites (N-methyl/N-ethyl adjacent to an activating group) is 2. The third kappa shape index (κ3) is 6.25. The summed E-state index contributed by atoms with van der Waals surface area (Å²) in [7, 11) is 4.20. The third-order valence-electron chi connectivity index (χ3n) is 3.59. The van der Waals surface area contributed by atoms with Crippen molar-refractivity contribution in [1.29, 1.82) is 0 Å². The fourth-order valence-electron chi connectivity index (χ4n) is 2.46. The number of nitrogens with two attached hydrogens (primary N) is 1. The summed E-state index contributed by atoms with van der Waals surface area (Å²) in [5, 5.41) is 0. The van der Waals surface area contributed by atoms with E-state index in [1.807, 2.05) is 12.1 Å². The maximum Gasteiger partial charge on any atom is 0.238 e. The molecule has 0 saturated heterocycles. The topological polar surface area (TPSA) is 61.6 Å². The molecule has 0 aromatic heterocycles. The summed E-state index contributed by atoms with van der Waals surface area (Å²) >= 11 is 0. The first kappa shape index (κ1) is 17.6. The first-order valence-corrected chi connectivity index (χ1v) is 7.42. The molecule has 0 aliphatic heterocycles. The Balaban J connectivity index is 2.62. The van der Waals surface area contributed by atoms with Gasteiger partial charge >= 0.3 is 0 Å². The summed E-state index contributed by atoms with van der Waals surface area (Å²) in [4.78, 5) is 15.9. The molecule has 5 heteroatoms. The Labute approximate surface area is 128 Å². The van der Waals surface area contributed by atoms with E-state index < -0.39 is 0 Å². The zero-order chi connectivity index (χ0) is 15.8. The van der Waals surface area contributed by atoms with Crippen LogP contribution in [0.5, 0.6) is 0 Å². The minimum atomic E-state index is -0.169. The Bertz CT molecular complexity index is 430. The molecule has 1 aromatic carbocycles. The van der Waals surface area contributed by atoms with Gasteiger partial charge in [-0.05, 0) is 38.7 Å². The third-order valence-corrected chi connectivity index (χ3v) is 3.59. The zero-order valence-corrected chi connectivity index (χ0v) is 13.6. The lowest BCUT2D eigenvalue weighted by atomic mass is 10.1. The standard InChI is InChI=1S/C16H28N4O/c1-5-20(13(2)11-19(3)4)12-15-8-6-14(7-9-15)10-16(21)18-17/h6-9,13H,5,10-12,17H2,1-4H3,(H,18,21). The number of hydrazine groups is 1. The van der Waals surface area contributed by atoms with Gasteiger partial charge in [0.05, 0.1) is 6.42 Å². The van der Waals surface area contributed by atoms with Gasteiger partial charge in [0.15, 0.2) is 0 Å². The van der Waals surface area contributed by atoms with Gasteiger partial charge in [0, 0.05) is 19.1 Å². The number of carbonyl (C=O) groups excluding carboxylic acids is 1. The van der Waals surface area contributed by atoms with Crippen molar-refractivity contribution in [2.24, 2.45) is 5.84 Å². The average molecular weight is 292 g/mol. The van der Waals surface area contributed by atoms with Crippen molar-refractivity contribution in [2.75, 3.05) is 27.2 Å². The molecule has 1 atom stereocenters. The molecule has 3 N–H and O–H groups in total. The summed E-state index contributed by atoms with van der Waals surface area (Å²) in [6.45, 7) is 7.43. The van der Waals surface area contributed by atoms with Crippen molar-refractivity contribution >= 4 is 5.91 Å². The molecule has 0 aliphatic rings. The molecule has 1 rings (SSSR count). The molecular weight excluding hydrogens is 264 g/mol. The van der Waals surface area contributed by atoms with Crippen molar-refractivity contribution in [3.63, 3.8) is 0 Å². The number of rotatable bonds is 8. The number of hydrogen-bond donors (Lipinski definition) is 2. The highest BCUT2D eigenvalue weighted by Gasteiger charge is 2.13. The first-order valence-electron chi connectivity index (χ1n) is 7.42. The van der Waals surface area contributed by atoms with Crippen LogP contribution in [-0.4, -0.2) is 48.9 Å². The van der Waals surface area contributed by atoms with Gasteiger partial charge in [-0.15, -0.1) is 0 Å². The Kier molecular flexibility index (Phi) is 7.36. The molecule has 0 heterocycles. The quantitative estimate of drug-likeness (QED) is 0.426. The SMILES string of the molecule is CCN(Cc1ccc(CC(=O)NN)cc1)C(C)CN(C)C. The summed E-state index contributed by atoms with van der Waals surface area (Å²) in [5.74, 6) is 4.93. The van der Waals surface area contributed by atoms with E-state index in [1.165, 1.54) is 5.56 Å². The van der Waals surface area contributed by atoms with Gasteiger partial charge in [-0.25, -0.2) is 5.84 Å². The number of carbonyl (C=O) groups is 1. The highest BCUT2D eigenvalue weighted by atomic mass is 16.2. The Morgan fingerprint density at radius 1 is 1.24 bits per heavy atom. The molecule has 1 unspecified atom stereocenters. The van der Waals surface area contributed by atoms with E-state index in [0.29, 0.717) is 12.5 Å². The predicted molar refractivity (Wildman–Crippen MR) is 86.6 cm³/mol. The predicted octanol–water partition coefficient (Wildman–Crippen LogP) is 0.991. The number of amides is 1. The van der Waals surface area contributed by atoms with Crippen LogP contribution < -0.4 is 11.3 Å². The molecule has 0 aliphatic carbocycles. The lowest BCUT2D eigenvalue weighted by Crippen LogP contribution is -2.39. The van der Waals surface area contributed by atoms with Crippen molar-refractivity contribution in [1.82, 2.24) is 15.2 Å². The van der Waals surface area contributed by atoms with Crippen LogP contribution in [0.1, 0.15) is 25.0 Å². The van der Waals surface area contributed by atoms with Crippen LogP contribution in [0.25, 0.3) is 0 Å². The summed E-state index contributed by atoms with van der Waals surface area (Å²) in [5.41, 5.74) is 4.39. The van der Waals surface area contributed by atoms with E-state index in [4.69, 9.17) is 5.84 Å². The number of nitrogens with zero attached hydrogens (tertiary/aromatic N) is 2. The molecule has 1 amide bonds. The number of benzene rings is 1. The van der Waals surface area contributed by atoms with E-state index in [-0.39, 0.29) is 5.91 Å². The van der Waals surface area contributed by atoms with Crippen molar-refractivity contribution in [3.05, 3.63) is 35.4 Å². The molecule has 5 nitrogen and oxygen atoms in total. The van der Waals surface area contributed by atoms with Crippen LogP contribution in [0.2, 0.25) is 0 Å². The Morgan fingerprint density at radius 2 is 1.81 bits per heavy atom. The van der Waals surface area contributed by atoms with E-state index in [9.17, 15) is 4.79 Å². The van der Waals surface area contributed by atoms with Gasteiger partial charge in [-0.1, -0.05) is 31.2 Å². The lowest BCUT2D eigenvalue weighted by molar-refractivity contribution is -0.120. The van der Waals surface area contributed by atoms with Crippen LogP contribution in [0.15, 0.2) is 24.3 Å². The number of hydrogen-bond acceptors (Lipinski definition) is 4. The van der Waals surface area contributed by atoms with Gasteiger partial charge in [-0.2, -0.15) is 0 Å². The minimum Gasteiger partial charge on any atom is -0.308 e. The average Bonchev–Trinajstić information content (AvgIpc) is 2.45. The molecule has 21 heavy (non-hydrogen) atoms. The Morgan fingerprint density at radius 3 is 2.29 bits per heavy atom. The molecule has 0 saturated carbocycles. The van der Waals surface area contributed by atoms with Gasteiger partial charge in [0.1, 0.15) is 0 Å². The van der Waals surface area contributed by atoms with Crippen molar-refractivity contribution < 1.29 is 4.79 Å². The largest absolute Gasteiger partial charge is 0.308 e. The second-order valence-corrected chi connectivity index (χ2v) is 5.74. The van der Waals surface area contributed by atoms with Crippen LogP contribution >= 0.6 is 0 Å². The fourth-order valence-corrected chi connectivity index (χ4v) is 2.46. The molecule has 0 fully saturated rings. The molecule has 0 spiro atoms. The van der Waals surface area contributed by atoms with Crippen LogP contribution in [-0.2, 0) is 17.8 Å². The monoisotopic (exact) mass is 292 g/mol.